The lowest BCUT2D eigenvalue weighted by Crippen LogP contribution is -2.36. The van der Waals surface area contributed by atoms with E-state index in [1.807, 2.05) is 24.5 Å². The molecule has 0 amide bonds. The van der Waals surface area contributed by atoms with Crippen molar-refractivity contribution >= 4 is 33.7 Å². The number of fused-ring (bicyclic) bond motifs is 2. The molecule has 9 nitrogen and oxygen atoms in total. The maximum atomic E-state index is 5.72. The van der Waals surface area contributed by atoms with Gasteiger partial charge in [-0.3, -0.25) is 9.50 Å². The Hall–Kier alpha value is -4.11. The minimum absolute atomic E-state index is 0.677. The maximum Gasteiger partial charge on any atom is 0.180 e. The summed E-state index contributed by atoms with van der Waals surface area (Å²) in [6.45, 7) is 5.20. The zero-order valence-corrected chi connectivity index (χ0v) is 19.1. The number of morpholine rings is 1. The van der Waals surface area contributed by atoms with Crippen molar-refractivity contribution in [3.63, 3.8) is 0 Å². The average Bonchev–Trinajstić information content (AvgIpc) is 3.56. The summed E-state index contributed by atoms with van der Waals surface area (Å²) >= 11 is 0. The van der Waals surface area contributed by atoms with E-state index in [9.17, 15) is 0 Å². The second-order valence-corrected chi connectivity index (χ2v) is 8.30. The van der Waals surface area contributed by atoms with Crippen LogP contribution in [0, 0.1) is 6.92 Å². The van der Waals surface area contributed by atoms with Gasteiger partial charge in [-0.15, -0.1) is 0 Å². The Labute approximate surface area is 196 Å². The van der Waals surface area contributed by atoms with E-state index in [0.717, 1.165) is 76.9 Å². The lowest BCUT2D eigenvalue weighted by Gasteiger charge is -2.30. The number of H-pyrrole nitrogens is 1. The summed E-state index contributed by atoms with van der Waals surface area (Å²) in [4.78, 5) is 11.8. The van der Waals surface area contributed by atoms with E-state index in [1.54, 1.807) is 13.3 Å². The molecule has 1 fully saturated rings. The van der Waals surface area contributed by atoms with Crippen molar-refractivity contribution in [1.29, 1.82) is 0 Å². The van der Waals surface area contributed by atoms with Crippen LogP contribution in [0.2, 0.25) is 0 Å². The van der Waals surface area contributed by atoms with Crippen LogP contribution in [0.1, 0.15) is 5.69 Å². The molecule has 0 bridgehead atoms. The second-order valence-electron chi connectivity index (χ2n) is 8.30. The van der Waals surface area contributed by atoms with E-state index < -0.39 is 0 Å². The quantitative estimate of drug-likeness (QED) is 0.411. The van der Waals surface area contributed by atoms with Crippen LogP contribution in [-0.2, 0) is 4.74 Å². The van der Waals surface area contributed by atoms with Gasteiger partial charge in [-0.2, -0.15) is 5.10 Å². The third-order valence-electron chi connectivity index (χ3n) is 6.29. The fourth-order valence-corrected chi connectivity index (χ4v) is 4.51. The van der Waals surface area contributed by atoms with E-state index in [4.69, 9.17) is 14.5 Å². The number of aryl methyl sites for hydroxylation is 1. The molecular formula is C25H25N7O2. The predicted molar refractivity (Wildman–Crippen MR) is 132 cm³/mol. The molecule has 0 saturated carbocycles. The van der Waals surface area contributed by atoms with Gasteiger partial charge in [-0.1, -0.05) is 12.1 Å². The number of aromatic nitrogens is 5. The molecule has 9 heteroatoms. The Morgan fingerprint density at radius 3 is 2.85 bits per heavy atom. The van der Waals surface area contributed by atoms with Crippen molar-refractivity contribution in [1.82, 2.24) is 24.6 Å². The number of hydrogen-bond donors (Lipinski definition) is 2. The van der Waals surface area contributed by atoms with E-state index in [-0.39, 0.29) is 0 Å². The summed E-state index contributed by atoms with van der Waals surface area (Å²) in [5.41, 5.74) is 6.58. The van der Waals surface area contributed by atoms with Crippen LogP contribution in [0.3, 0.4) is 0 Å². The number of benzene rings is 2. The van der Waals surface area contributed by atoms with Gasteiger partial charge < -0.3 is 19.7 Å². The molecule has 4 heterocycles. The number of ether oxygens (including phenoxy) is 2. The summed E-state index contributed by atoms with van der Waals surface area (Å²) < 4.78 is 13.3. The molecule has 2 N–H and O–H groups in total. The number of hydrogen-bond acceptors (Lipinski definition) is 7. The number of methoxy groups -OCH3 is 1. The van der Waals surface area contributed by atoms with Crippen LogP contribution in [0.25, 0.3) is 27.8 Å². The number of nitrogens with one attached hydrogen (secondary N) is 2. The van der Waals surface area contributed by atoms with Crippen molar-refractivity contribution in [3.05, 3.63) is 60.7 Å². The highest BCUT2D eigenvalue weighted by Gasteiger charge is 2.18. The molecule has 1 aliphatic rings. The first-order chi connectivity index (χ1) is 16.7. The van der Waals surface area contributed by atoms with E-state index >= 15 is 0 Å². The smallest absolute Gasteiger partial charge is 0.180 e. The van der Waals surface area contributed by atoms with Crippen LogP contribution in [0.5, 0.6) is 5.75 Å². The monoisotopic (exact) mass is 455 g/mol. The van der Waals surface area contributed by atoms with Crippen molar-refractivity contribution in [2.75, 3.05) is 43.6 Å². The van der Waals surface area contributed by atoms with Crippen LogP contribution >= 0.6 is 0 Å². The zero-order valence-electron chi connectivity index (χ0n) is 19.1. The molecule has 34 heavy (non-hydrogen) atoms. The Morgan fingerprint density at radius 2 is 2.00 bits per heavy atom. The topological polar surface area (TPSA) is 92.6 Å². The van der Waals surface area contributed by atoms with E-state index in [0.29, 0.717) is 5.82 Å². The van der Waals surface area contributed by atoms with Crippen molar-refractivity contribution in [2.24, 2.45) is 0 Å². The molecule has 2 aromatic carbocycles. The molecule has 0 unspecified atom stereocenters. The first-order valence-corrected chi connectivity index (χ1v) is 11.3. The lowest BCUT2D eigenvalue weighted by molar-refractivity contribution is 0.122. The highest BCUT2D eigenvalue weighted by atomic mass is 16.5. The number of anilines is 3. The molecule has 0 radical (unpaired) electrons. The Bertz CT molecular complexity index is 1480. The van der Waals surface area contributed by atoms with Gasteiger partial charge in [-0.05, 0) is 25.1 Å². The second kappa shape index (κ2) is 8.35. The lowest BCUT2D eigenvalue weighted by atomic mass is 10.1. The third-order valence-corrected chi connectivity index (χ3v) is 6.29. The number of aromatic amines is 1. The zero-order chi connectivity index (χ0) is 23.1. The Kier molecular flexibility index (Phi) is 5.03. The van der Waals surface area contributed by atoms with Gasteiger partial charge in [0.05, 0.1) is 43.4 Å². The van der Waals surface area contributed by atoms with E-state index in [2.05, 4.69) is 61.0 Å². The fraction of sp³-hybridized carbons (Fsp3) is 0.240. The highest BCUT2D eigenvalue weighted by Crippen LogP contribution is 2.34. The summed E-state index contributed by atoms with van der Waals surface area (Å²) in [7, 11) is 1.70. The molecule has 3 aromatic heterocycles. The average molecular weight is 456 g/mol. The largest absolute Gasteiger partial charge is 0.495 e. The minimum atomic E-state index is 0.677. The molecule has 172 valence electrons. The molecule has 0 atom stereocenters. The molecule has 0 aliphatic carbocycles. The molecule has 0 spiro atoms. The van der Waals surface area contributed by atoms with Gasteiger partial charge >= 0.3 is 0 Å². The molecular weight excluding hydrogens is 430 g/mol. The van der Waals surface area contributed by atoms with Gasteiger partial charge in [0.1, 0.15) is 5.75 Å². The summed E-state index contributed by atoms with van der Waals surface area (Å²) in [5, 5.41) is 11.7. The first kappa shape index (κ1) is 20.5. The maximum absolute atomic E-state index is 5.72. The number of nitrogens with zero attached hydrogens (tertiary/aromatic N) is 5. The van der Waals surface area contributed by atoms with Gasteiger partial charge in [0.15, 0.2) is 11.5 Å². The number of imidazole rings is 1. The molecule has 1 aliphatic heterocycles. The van der Waals surface area contributed by atoms with Crippen LogP contribution in [0.15, 0.2) is 55.0 Å². The van der Waals surface area contributed by atoms with Crippen LogP contribution in [-0.4, -0.2) is 58.0 Å². The molecule has 6 rings (SSSR count). The molecule has 1 saturated heterocycles. The third kappa shape index (κ3) is 3.50. The highest BCUT2D eigenvalue weighted by molar-refractivity contribution is 5.84. The summed E-state index contributed by atoms with van der Waals surface area (Å²) in [5.74, 6) is 1.49. The van der Waals surface area contributed by atoms with Crippen molar-refractivity contribution in [3.8, 4) is 17.0 Å². The van der Waals surface area contributed by atoms with Gasteiger partial charge in [-0.25, -0.2) is 9.97 Å². The Balaban J connectivity index is 1.40. The van der Waals surface area contributed by atoms with Crippen molar-refractivity contribution < 1.29 is 9.47 Å². The van der Waals surface area contributed by atoms with Gasteiger partial charge in [0, 0.05) is 53.9 Å². The number of rotatable bonds is 5. The van der Waals surface area contributed by atoms with Crippen LogP contribution in [0.4, 0.5) is 17.2 Å². The normalized spacial score (nSPS) is 14.1. The first-order valence-electron chi connectivity index (χ1n) is 11.3. The van der Waals surface area contributed by atoms with Gasteiger partial charge in [0.2, 0.25) is 0 Å². The van der Waals surface area contributed by atoms with Crippen molar-refractivity contribution in [2.45, 2.75) is 6.92 Å². The summed E-state index contributed by atoms with van der Waals surface area (Å²) in [6.07, 6.45) is 5.57. The van der Waals surface area contributed by atoms with E-state index in [1.165, 1.54) is 0 Å². The van der Waals surface area contributed by atoms with Gasteiger partial charge in [0.25, 0.3) is 0 Å². The fourth-order valence-electron chi connectivity index (χ4n) is 4.51. The minimum Gasteiger partial charge on any atom is -0.495 e. The standard InChI is InChI=1S/C25H25N7O2/c1-16-23(17-3-4-18-15-27-30-20(18)13-17)29-24(25-26-7-8-32(16)25)28-19-5-6-21(22(14-19)33-2)31-9-11-34-12-10-31/h3-8,13-15H,9-12H2,1-2H3,(H,27,30)(H,28,29). The van der Waals surface area contributed by atoms with Crippen LogP contribution < -0.4 is 15.0 Å². The molecule has 5 aromatic rings. The Morgan fingerprint density at radius 1 is 1.12 bits per heavy atom. The summed E-state index contributed by atoms with van der Waals surface area (Å²) in [6, 6.07) is 12.3. The SMILES string of the molecule is COc1cc(Nc2nc(-c3ccc4cn[nH]c4c3)c(C)n3ccnc23)ccc1N1CCOCC1. The predicted octanol–water partition coefficient (Wildman–Crippen LogP) is 4.17.